The number of hydrogen-bond acceptors (Lipinski definition) is 3. The fourth-order valence-corrected chi connectivity index (χ4v) is 4.19. The van der Waals surface area contributed by atoms with E-state index in [-0.39, 0.29) is 6.10 Å². The number of ether oxygens (including phenoxy) is 1. The summed E-state index contributed by atoms with van der Waals surface area (Å²) >= 11 is 0. The zero-order valence-corrected chi connectivity index (χ0v) is 15.2. The highest BCUT2D eigenvalue weighted by molar-refractivity contribution is 5.90. The van der Waals surface area contributed by atoms with Gasteiger partial charge in [0.05, 0.1) is 23.2 Å². The largest absolute Gasteiger partial charge is 0.490 e. The molecule has 0 aliphatic carbocycles. The fraction of sp³-hybridized carbons (Fsp3) is 0.632. The summed E-state index contributed by atoms with van der Waals surface area (Å²) in [6, 6.07) is 0.818. The van der Waals surface area contributed by atoms with Gasteiger partial charge in [0, 0.05) is 11.6 Å². The summed E-state index contributed by atoms with van der Waals surface area (Å²) in [4.78, 5) is 4.94. The minimum atomic E-state index is 0.253. The Labute approximate surface area is 138 Å². The maximum absolute atomic E-state index is 6.36. The molecule has 2 aliphatic rings. The number of aromatic nitrogens is 2. The molecule has 5 atom stereocenters. The van der Waals surface area contributed by atoms with Crippen molar-refractivity contribution in [1.82, 2.24) is 9.55 Å². The van der Waals surface area contributed by atoms with Gasteiger partial charge in [-0.1, -0.05) is 13.8 Å². The molecule has 3 heterocycles. The highest BCUT2D eigenvalue weighted by Gasteiger charge is 2.38. The standard InChI is InChI=1S/C19H27N3O/c1-8-9(2)15-17-16(10(3)11(4)18(15)23-14(8)7)21-19-20-12(5)13(6)22(17)19/h8-9,12-14H,1-7H3,(H,20,21). The lowest BCUT2D eigenvalue weighted by atomic mass is 9.80. The Morgan fingerprint density at radius 3 is 2.43 bits per heavy atom. The van der Waals surface area contributed by atoms with E-state index in [2.05, 4.69) is 58.4 Å². The van der Waals surface area contributed by atoms with Gasteiger partial charge in [-0.25, -0.2) is 4.98 Å². The molecule has 2 aromatic rings. The molecule has 5 unspecified atom stereocenters. The number of rotatable bonds is 0. The number of aryl methyl sites for hydroxylation is 1. The van der Waals surface area contributed by atoms with Crippen LogP contribution >= 0.6 is 0 Å². The van der Waals surface area contributed by atoms with Crippen LogP contribution in [0.2, 0.25) is 0 Å². The van der Waals surface area contributed by atoms with Crippen LogP contribution in [0.1, 0.15) is 63.3 Å². The molecule has 0 spiro atoms. The summed E-state index contributed by atoms with van der Waals surface area (Å²) in [6.07, 6.45) is 0.253. The molecule has 2 aliphatic heterocycles. The van der Waals surface area contributed by atoms with Crippen LogP contribution in [-0.4, -0.2) is 21.7 Å². The van der Waals surface area contributed by atoms with Crippen LogP contribution < -0.4 is 10.1 Å². The van der Waals surface area contributed by atoms with E-state index in [1.807, 2.05) is 0 Å². The number of benzene rings is 1. The van der Waals surface area contributed by atoms with E-state index in [4.69, 9.17) is 9.72 Å². The van der Waals surface area contributed by atoms with Crippen molar-refractivity contribution in [3.8, 4) is 5.75 Å². The molecule has 0 fully saturated rings. The molecule has 1 aromatic heterocycles. The number of anilines is 1. The van der Waals surface area contributed by atoms with Crippen molar-refractivity contribution < 1.29 is 4.74 Å². The second-order valence-corrected chi connectivity index (χ2v) is 7.64. The maximum atomic E-state index is 6.36. The molecule has 0 saturated heterocycles. The summed E-state index contributed by atoms with van der Waals surface area (Å²) in [5.74, 6) is 3.08. The number of imidazole rings is 1. The molecule has 1 N–H and O–H groups in total. The van der Waals surface area contributed by atoms with E-state index in [1.54, 1.807) is 0 Å². The molecular formula is C19H27N3O. The van der Waals surface area contributed by atoms with Gasteiger partial charge < -0.3 is 14.6 Å². The predicted octanol–water partition coefficient (Wildman–Crippen LogP) is 4.55. The number of nitrogens with one attached hydrogen (secondary N) is 1. The molecule has 1 aromatic carbocycles. The Bertz CT molecular complexity index is 807. The number of hydrogen-bond donors (Lipinski definition) is 1. The lowest BCUT2D eigenvalue weighted by molar-refractivity contribution is 0.122. The van der Waals surface area contributed by atoms with Crippen LogP contribution in [0.4, 0.5) is 5.95 Å². The number of fused-ring (bicyclic) bond motifs is 5. The topological polar surface area (TPSA) is 39.1 Å². The van der Waals surface area contributed by atoms with E-state index in [9.17, 15) is 0 Å². The van der Waals surface area contributed by atoms with Gasteiger partial charge >= 0.3 is 0 Å². The fourth-order valence-electron chi connectivity index (χ4n) is 4.19. The maximum Gasteiger partial charge on any atom is 0.204 e. The summed E-state index contributed by atoms with van der Waals surface area (Å²) in [6.45, 7) is 15.7. The van der Waals surface area contributed by atoms with Gasteiger partial charge in [0.1, 0.15) is 5.75 Å². The molecule has 23 heavy (non-hydrogen) atoms. The summed E-state index contributed by atoms with van der Waals surface area (Å²) in [7, 11) is 0. The van der Waals surface area contributed by atoms with Crippen LogP contribution in [0.15, 0.2) is 0 Å². The summed E-state index contributed by atoms with van der Waals surface area (Å²) in [5, 5.41) is 3.54. The second kappa shape index (κ2) is 4.65. The lowest BCUT2D eigenvalue weighted by Gasteiger charge is -2.36. The first kappa shape index (κ1) is 14.9. The molecule has 0 bridgehead atoms. The van der Waals surface area contributed by atoms with Gasteiger partial charge in [-0.05, 0) is 57.6 Å². The molecule has 124 valence electrons. The van der Waals surface area contributed by atoms with Gasteiger partial charge in [0.15, 0.2) is 0 Å². The quantitative estimate of drug-likeness (QED) is 0.775. The summed E-state index contributed by atoms with van der Waals surface area (Å²) in [5.41, 5.74) is 6.27. The third-order valence-corrected chi connectivity index (χ3v) is 6.44. The Morgan fingerprint density at radius 2 is 1.74 bits per heavy atom. The van der Waals surface area contributed by atoms with Crippen molar-refractivity contribution >= 4 is 17.0 Å². The first-order valence-electron chi connectivity index (χ1n) is 8.81. The average Bonchev–Trinajstić information content (AvgIpc) is 3.00. The van der Waals surface area contributed by atoms with Crippen molar-refractivity contribution in [2.24, 2.45) is 5.92 Å². The molecule has 4 heteroatoms. The van der Waals surface area contributed by atoms with Crippen molar-refractivity contribution in [3.05, 3.63) is 16.7 Å². The van der Waals surface area contributed by atoms with Crippen molar-refractivity contribution in [3.63, 3.8) is 0 Å². The first-order valence-corrected chi connectivity index (χ1v) is 8.81. The Morgan fingerprint density at radius 1 is 1.04 bits per heavy atom. The molecule has 0 radical (unpaired) electrons. The molecule has 0 saturated carbocycles. The van der Waals surface area contributed by atoms with Gasteiger partial charge in [-0.2, -0.15) is 0 Å². The molecule has 0 amide bonds. The minimum absolute atomic E-state index is 0.253. The van der Waals surface area contributed by atoms with Gasteiger partial charge in [-0.3, -0.25) is 0 Å². The van der Waals surface area contributed by atoms with Crippen LogP contribution in [0.3, 0.4) is 0 Å². The third-order valence-electron chi connectivity index (χ3n) is 6.44. The van der Waals surface area contributed by atoms with Gasteiger partial charge in [-0.15, -0.1) is 0 Å². The van der Waals surface area contributed by atoms with Crippen LogP contribution in [0.5, 0.6) is 5.75 Å². The minimum Gasteiger partial charge on any atom is -0.490 e. The van der Waals surface area contributed by atoms with Crippen LogP contribution in [-0.2, 0) is 0 Å². The smallest absolute Gasteiger partial charge is 0.204 e. The van der Waals surface area contributed by atoms with Gasteiger partial charge in [0.2, 0.25) is 5.95 Å². The van der Waals surface area contributed by atoms with Gasteiger partial charge in [0.25, 0.3) is 0 Å². The van der Waals surface area contributed by atoms with Crippen LogP contribution in [0, 0.1) is 19.8 Å². The predicted molar refractivity (Wildman–Crippen MR) is 94.7 cm³/mol. The second-order valence-electron chi connectivity index (χ2n) is 7.64. The monoisotopic (exact) mass is 313 g/mol. The van der Waals surface area contributed by atoms with E-state index < -0.39 is 0 Å². The average molecular weight is 313 g/mol. The summed E-state index contributed by atoms with van der Waals surface area (Å²) < 4.78 is 8.76. The molecule has 4 rings (SSSR count). The third kappa shape index (κ3) is 1.75. The van der Waals surface area contributed by atoms with E-state index in [0.29, 0.717) is 23.9 Å². The zero-order chi connectivity index (χ0) is 16.6. The Balaban J connectivity index is 2.11. The van der Waals surface area contributed by atoms with Crippen LogP contribution in [0.25, 0.3) is 11.0 Å². The Kier molecular flexibility index (Phi) is 3.00. The van der Waals surface area contributed by atoms with E-state index in [1.165, 1.54) is 22.2 Å². The first-order chi connectivity index (χ1) is 10.8. The molecule has 4 nitrogen and oxygen atoms in total. The van der Waals surface area contributed by atoms with E-state index >= 15 is 0 Å². The normalized spacial score (nSPS) is 32.4. The Hall–Kier alpha value is -1.71. The zero-order valence-electron chi connectivity index (χ0n) is 15.2. The van der Waals surface area contributed by atoms with Crippen molar-refractivity contribution in [2.75, 3.05) is 5.32 Å². The molecular weight excluding hydrogens is 286 g/mol. The number of nitrogens with zero attached hydrogens (tertiary/aromatic N) is 2. The highest BCUT2D eigenvalue weighted by atomic mass is 16.5. The van der Waals surface area contributed by atoms with Crippen molar-refractivity contribution in [1.29, 1.82) is 0 Å². The van der Waals surface area contributed by atoms with E-state index in [0.717, 1.165) is 17.2 Å². The SMILES string of the molecule is Cc1c2c(c3c(nc4n3C(C)C(C)N4)c1C)C(C)C(C)C(C)O2. The van der Waals surface area contributed by atoms with Crippen molar-refractivity contribution in [2.45, 2.75) is 72.6 Å². The highest BCUT2D eigenvalue weighted by Crippen LogP contribution is 2.49. The lowest BCUT2D eigenvalue weighted by Crippen LogP contribution is -2.32.